The molecule has 138 valence electrons. The summed E-state index contributed by atoms with van der Waals surface area (Å²) in [6.07, 6.45) is 10.0. The Hall–Kier alpha value is -1.62. The highest BCUT2D eigenvalue weighted by Crippen LogP contribution is 2.31. The van der Waals surface area contributed by atoms with Crippen LogP contribution in [0.25, 0.3) is 0 Å². The molecule has 4 nitrogen and oxygen atoms in total. The maximum Gasteiger partial charge on any atom is 0.164 e. The number of allylic oxidation sites excluding steroid dienone is 3. The summed E-state index contributed by atoms with van der Waals surface area (Å²) in [7, 11) is 1.67. The average molecular weight is 346 g/mol. The van der Waals surface area contributed by atoms with Gasteiger partial charge in [0.25, 0.3) is 0 Å². The minimum Gasteiger partial charge on any atom is -0.497 e. The van der Waals surface area contributed by atoms with E-state index in [1.54, 1.807) is 7.11 Å². The molecule has 0 bridgehead atoms. The van der Waals surface area contributed by atoms with Crippen LogP contribution in [0.2, 0.25) is 0 Å². The summed E-state index contributed by atoms with van der Waals surface area (Å²) < 4.78 is 22.9. The minimum atomic E-state index is -0.528. The largest absolute Gasteiger partial charge is 0.497 e. The van der Waals surface area contributed by atoms with Gasteiger partial charge in [-0.1, -0.05) is 36.4 Å². The first kappa shape index (κ1) is 19.7. The monoisotopic (exact) mass is 346 g/mol. The molecule has 0 N–H and O–H groups in total. The minimum absolute atomic E-state index is 0.00668. The molecule has 0 radical (unpaired) electrons. The van der Waals surface area contributed by atoms with Gasteiger partial charge in [0, 0.05) is 6.61 Å². The summed E-state index contributed by atoms with van der Waals surface area (Å²) >= 11 is 0. The normalized spacial score (nSPS) is 22.9. The van der Waals surface area contributed by atoms with Crippen molar-refractivity contribution in [1.29, 1.82) is 0 Å². The Bertz CT molecular complexity index is 560. The van der Waals surface area contributed by atoms with Crippen molar-refractivity contribution >= 4 is 0 Å². The van der Waals surface area contributed by atoms with Gasteiger partial charge in [0.2, 0.25) is 0 Å². The van der Waals surface area contributed by atoms with Crippen LogP contribution in [0.3, 0.4) is 0 Å². The van der Waals surface area contributed by atoms with Crippen molar-refractivity contribution in [2.24, 2.45) is 0 Å². The van der Waals surface area contributed by atoms with Gasteiger partial charge in [-0.05, 0) is 51.3 Å². The highest BCUT2D eigenvalue weighted by molar-refractivity contribution is 5.26. The van der Waals surface area contributed by atoms with E-state index < -0.39 is 5.79 Å². The number of hydrogen-bond donors (Lipinski definition) is 0. The predicted molar refractivity (Wildman–Crippen MR) is 99.7 cm³/mol. The second-order valence-electron chi connectivity index (χ2n) is 6.59. The van der Waals surface area contributed by atoms with Crippen LogP contribution in [0.15, 0.2) is 48.6 Å². The fraction of sp³-hybridized carbons (Fsp3) is 0.524. The Balaban J connectivity index is 1.71. The maximum absolute atomic E-state index is 6.02. The molecule has 1 saturated heterocycles. The van der Waals surface area contributed by atoms with Gasteiger partial charge in [0.05, 0.1) is 19.8 Å². The fourth-order valence-corrected chi connectivity index (χ4v) is 2.83. The third-order valence-corrected chi connectivity index (χ3v) is 4.03. The van der Waals surface area contributed by atoms with Crippen LogP contribution in [0, 0.1) is 0 Å². The zero-order valence-electron chi connectivity index (χ0n) is 15.7. The lowest BCUT2D eigenvalue weighted by molar-refractivity contribution is -0.143. The summed E-state index contributed by atoms with van der Waals surface area (Å²) in [5.41, 5.74) is 1.15. The number of ether oxygens (including phenoxy) is 4. The van der Waals surface area contributed by atoms with E-state index in [4.69, 9.17) is 18.9 Å². The van der Waals surface area contributed by atoms with Gasteiger partial charge in [0.15, 0.2) is 5.79 Å². The molecule has 1 heterocycles. The van der Waals surface area contributed by atoms with E-state index in [1.807, 2.05) is 63.3 Å². The Morgan fingerprint density at radius 3 is 2.56 bits per heavy atom. The number of methoxy groups -OCH3 is 1. The summed E-state index contributed by atoms with van der Waals surface area (Å²) in [4.78, 5) is 0. The molecule has 0 aliphatic carbocycles. The molecule has 0 saturated carbocycles. The van der Waals surface area contributed by atoms with E-state index in [-0.39, 0.29) is 12.2 Å². The second kappa shape index (κ2) is 9.76. The van der Waals surface area contributed by atoms with Gasteiger partial charge < -0.3 is 18.9 Å². The van der Waals surface area contributed by atoms with Crippen molar-refractivity contribution < 1.29 is 18.9 Å². The lowest BCUT2D eigenvalue weighted by Gasteiger charge is -2.16. The van der Waals surface area contributed by atoms with E-state index in [1.165, 1.54) is 0 Å². The van der Waals surface area contributed by atoms with Gasteiger partial charge in [-0.15, -0.1) is 0 Å². The number of benzene rings is 1. The number of hydrogen-bond acceptors (Lipinski definition) is 4. The first-order chi connectivity index (χ1) is 12.0. The zero-order valence-corrected chi connectivity index (χ0v) is 15.7. The fourth-order valence-electron chi connectivity index (χ4n) is 2.83. The van der Waals surface area contributed by atoms with Crippen LogP contribution < -0.4 is 4.74 Å². The van der Waals surface area contributed by atoms with Crippen LogP contribution in [-0.4, -0.2) is 31.7 Å². The molecule has 0 amide bonds. The molecule has 1 aromatic rings. The Labute approximate surface area is 151 Å². The summed E-state index contributed by atoms with van der Waals surface area (Å²) in [5, 5.41) is 0. The predicted octanol–water partition coefficient (Wildman–Crippen LogP) is 4.64. The smallest absolute Gasteiger partial charge is 0.164 e. The lowest BCUT2D eigenvalue weighted by atomic mass is 10.1. The average Bonchev–Trinajstić information content (AvgIpc) is 2.89. The number of rotatable bonds is 9. The van der Waals surface area contributed by atoms with Crippen molar-refractivity contribution in [3.05, 3.63) is 54.1 Å². The molecule has 0 aromatic heterocycles. The molecule has 2 atom stereocenters. The maximum atomic E-state index is 6.02. The summed E-state index contributed by atoms with van der Waals surface area (Å²) in [6.45, 7) is 7.24. The van der Waals surface area contributed by atoms with Gasteiger partial charge in [-0.2, -0.15) is 0 Å². The summed E-state index contributed by atoms with van der Waals surface area (Å²) in [6, 6.07) is 7.95. The van der Waals surface area contributed by atoms with Crippen LogP contribution in [0.1, 0.15) is 39.2 Å². The van der Waals surface area contributed by atoms with Gasteiger partial charge in [-0.25, -0.2) is 0 Å². The molecule has 25 heavy (non-hydrogen) atoms. The van der Waals surface area contributed by atoms with E-state index in [0.29, 0.717) is 13.2 Å². The molecule has 1 aliphatic rings. The van der Waals surface area contributed by atoms with Crippen molar-refractivity contribution in [2.75, 3.05) is 13.7 Å². The molecule has 1 fully saturated rings. The topological polar surface area (TPSA) is 36.9 Å². The molecule has 0 spiro atoms. The molecular formula is C21H30O4. The van der Waals surface area contributed by atoms with Crippen molar-refractivity contribution in [2.45, 2.75) is 58.2 Å². The van der Waals surface area contributed by atoms with E-state index >= 15 is 0 Å². The molecular weight excluding hydrogens is 316 g/mol. The van der Waals surface area contributed by atoms with Crippen LogP contribution in [-0.2, 0) is 20.8 Å². The van der Waals surface area contributed by atoms with Gasteiger partial charge in [0.1, 0.15) is 11.9 Å². The Morgan fingerprint density at radius 1 is 1.12 bits per heavy atom. The van der Waals surface area contributed by atoms with Crippen LogP contribution in [0.5, 0.6) is 5.75 Å². The van der Waals surface area contributed by atoms with Gasteiger partial charge in [-0.3, -0.25) is 0 Å². The van der Waals surface area contributed by atoms with Gasteiger partial charge >= 0.3 is 0 Å². The first-order valence-corrected chi connectivity index (χ1v) is 8.90. The van der Waals surface area contributed by atoms with Crippen molar-refractivity contribution in [3.63, 3.8) is 0 Å². The molecule has 4 heteroatoms. The standard InChI is InChI=1S/C21H30O4/c1-5-6-7-9-19-20(25-21(2,3)24-19)10-8-15-23-16-17-11-13-18(22-4)14-12-17/h5-7,9,11-14,19-20H,8,10,15-16H2,1-4H3/b6-5+,9-7-/t19-,20-/m0/s1. The van der Waals surface area contributed by atoms with Crippen LogP contribution >= 0.6 is 0 Å². The quantitative estimate of drug-likeness (QED) is 0.482. The van der Waals surface area contributed by atoms with Crippen LogP contribution in [0.4, 0.5) is 0 Å². The van der Waals surface area contributed by atoms with E-state index in [2.05, 4.69) is 6.08 Å². The Morgan fingerprint density at radius 2 is 1.88 bits per heavy atom. The van der Waals surface area contributed by atoms with Crippen molar-refractivity contribution in [3.8, 4) is 5.75 Å². The van der Waals surface area contributed by atoms with Crippen molar-refractivity contribution in [1.82, 2.24) is 0 Å². The molecule has 1 aromatic carbocycles. The first-order valence-electron chi connectivity index (χ1n) is 8.90. The molecule has 2 rings (SSSR count). The second-order valence-corrected chi connectivity index (χ2v) is 6.59. The highest BCUT2D eigenvalue weighted by atomic mass is 16.7. The Kier molecular flexibility index (Phi) is 7.69. The lowest BCUT2D eigenvalue weighted by Crippen LogP contribution is -2.21. The van der Waals surface area contributed by atoms with E-state index in [9.17, 15) is 0 Å². The third-order valence-electron chi connectivity index (χ3n) is 4.03. The molecule has 1 aliphatic heterocycles. The zero-order chi connectivity index (χ0) is 18.1. The highest BCUT2D eigenvalue weighted by Gasteiger charge is 2.39. The third kappa shape index (κ3) is 6.65. The SMILES string of the molecule is C/C=C/C=C\[C@@H]1OC(C)(C)O[C@H]1CCCOCc1ccc(OC)cc1. The summed E-state index contributed by atoms with van der Waals surface area (Å²) in [5.74, 6) is 0.335. The molecule has 0 unspecified atom stereocenters. The van der Waals surface area contributed by atoms with E-state index in [0.717, 1.165) is 24.2 Å².